The molecule has 1 radical (unpaired) electrons. The summed E-state index contributed by atoms with van der Waals surface area (Å²) in [6, 6.07) is 0. The first-order valence-corrected chi connectivity index (χ1v) is 3.71. The van der Waals surface area contributed by atoms with Gasteiger partial charge in [0.1, 0.15) is 6.61 Å². The summed E-state index contributed by atoms with van der Waals surface area (Å²) in [5, 5.41) is 17.1. The summed E-state index contributed by atoms with van der Waals surface area (Å²) in [7, 11) is 0. The van der Waals surface area contributed by atoms with Crippen molar-refractivity contribution >= 4 is 6.09 Å². The number of aliphatic hydroxyl groups is 2. The molecule has 12 heavy (non-hydrogen) atoms. The molecule has 0 rings (SSSR count). The Morgan fingerprint density at radius 1 is 1.42 bits per heavy atom. The van der Waals surface area contributed by atoms with Crippen molar-refractivity contribution in [1.82, 2.24) is 4.90 Å². The van der Waals surface area contributed by atoms with E-state index in [1.54, 1.807) is 6.92 Å². The van der Waals surface area contributed by atoms with Crippen LogP contribution in [-0.4, -0.2) is 47.5 Å². The first-order valence-electron chi connectivity index (χ1n) is 3.71. The molecule has 0 aliphatic heterocycles. The number of aliphatic hydroxyl groups excluding tert-OH is 2. The lowest BCUT2D eigenvalue weighted by molar-refractivity contribution is 0.104. The van der Waals surface area contributed by atoms with E-state index in [0.29, 0.717) is 0 Å². The van der Waals surface area contributed by atoms with E-state index < -0.39 is 6.09 Å². The molecule has 0 aromatic rings. The quantitative estimate of drug-likeness (QED) is 0.597. The van der Waals surface area contributed by atoms with Gasteiger partial charge < -0.3 is 19.8 Å². The minimum atomic E-state index is -0.555. The van der Waals surface area contributed by atoms with Crippen LogP contribution in [0.5, 0.6) is 0 Å². The van der Waals surface area contributed by atoms with Gasteiger partial charge in [-0.1, -0.05) is 0 Å². The van der Waals surface area contributed by atoms with Gasteiger partial charge in [0, 0.05) is 13.1 Å². The first kappa shape index (κ1) is 11.2. The standard InChI is InChI=1S/C7H14NO4/c1-2-12-7(11)8(3-5-9)4-6-10/h2,9-10H,3-6H2,1H3. The molecule has 0 atom stereocenters. The van der Waals surface area contributed by atoms with Crippen molar-refractivity contribution in [2.24, 2.45) is 0 Å². The number of carbonyl (C=O) groups excluding carboxylic acids is 1. The van der Waals surface area contributed by atoms with Crippen LogP contribution >= 0.6 is 0 Å². The average molecular weight is 176 g/mol. The van der Waals surface area contributed by atoms with Gasteiger partial charge in [0.2, 0.25) is 0 Å². The maximum atomic E-state index is 11.0. The van der Waals surface area contributed by atoms with Crippen LogP contribution in [0.15, 0.2) is 0 Å². The van der Waals surface area contributed by atoms with Crippen molar-refractivity contribution in [3.63, 3.8) is 0 Å². The maximum absolute atomic E-state index is 11.0. The maximum Gasteiger partial charge on any atom is 0.410 e. The molecule has 0 aliphatic carbocycles. The Kier molecular flexibility index (Phi) is 6.41. The molecule has 0 heterocycles. The number of hydrogen-bond acceptors (Lipinski definition) is 4. The lowest BCUT2D eigenvalue weighted by Gasteiger charge is -2.18. The van der Waals surface area contributed by atoms with Crippen molar-refractivity contribution in [1.29, 1.82) is 0 Å². The molecular formula is C7H14NO4. The van der Waals surface area contributed by atoms with Crippen LogP contribution in [0, 0.1) is 6.61 Å². The molecule has 0 bridgehead atoms. The molecule has 5 heteroatoms. The summed E-state index contributed by atoms with van der Waals surface area (Å²) in [6.45, 7) is 2.90. The van der Waals surface area contributed by atoms with Crippen LogP contribution in [0.25, 0.3) is 0 Å². The van der Waals surface area contributed by atoms with Crippen molar-refractivity contribution in [2.45, 2.75) is 6.92 Å². The Bertz CT molecular complexity index is 123. The van der Waals surface area contributed by atoms with Gasteiger partial charge in [0.15, 0.2) is 0 Å². The zero-order valence-electron chi connectivity index (χ0n) is 7.06. The first-order chi connectivity index (χ1) is 5.76. The summed E-state index contributed by atoms with van der Waals surface area (Å²) in [4.78, 5) is 12.2. The average Bonchev–Trinajstić information content (AvgIpc) is 2.04. The van der Waals surface area contributed by atoms with Crippen molar-refractivity contribution in [3.05, 3.63) is 6.61 Å². The van der Waals surface area contributed by atoms with Gasteiger partial charge in [-0.05, 0) is 6.92 Å². The number of hydrogen-bond donors (Lipinski definition) is 2. The van der Waals surface area contributed by atoms with Gasteiger partial charge in [-0.25, -0.2) is 4.79 Å². The fourth-order valence-corrected chi connectivity index (χ4v) is 0.711. The molecule has 1 amide bonds. The number of ether oxygens (including phenoxy) is 1. The van der Waals surface area contributed by atoms with E-state index in [4.69, 9.17) is 10.2 Å². The molecule has 0 fully saturated rings. The van der Waals surface area contributed by atoms with E-state index in [1.165, 1.54) is 11.5 Å². The second-order valence-corrected chi connectivity index (χ2v) is 2.05. The normalized spacial score (nSPS) is 9.58. The van der Waals surface area contributed by atoms with E-state index in [0.717, 1.165) is 0 Å². The molecule has 0 aliphatic rings. The molecule has 5 nitrogen and oxygen atoms in total. The Morgan fingerprint density at radius 2 is 1.92 bits per heavy atom. The topological polar surface area (TPSA) is 70.0 Å². The second-order valence-electron chi connectivity index (χ2n) is 2.05. The minimum Gasteiger partial charge on any atom is -0.442 e. The Labute approximate surface area is 71.6 Å². The fourth-order valence-electron chi connectivity index (χ4n) is 0.711. The molecule has 0 aromatic heterocycles. The molecule has 0 spiro atoms. The third-order valence-corrected chi connectivity index (χ3v) is 1.22. The molecule has 71 valence electrons. The van der Waals surface area contributed by atoms with Crippen LogP contribution < -0.4 is 0 Å². The van der Waals surface area contributed by atoms with E-state index in [1.807, 2.05) is 0 Å². The molecule has 0 saturated heterocycles. The van der Waals surface area contributed by atoms with Gasteiger partial charge in [0.05, 0.1) is 13.2 Å². The lowest BCUT2D eigenvalue weighted by Crippen LogP contribution is -2.35. The predicted molar refractivity (Wildman–Crippen MR) is 42.2 cm³/mol. The highest BCUT2D eigenvalue weighted by Crippen LogP contribution is 1.94. The Hall–Kier alpha value is -0.810. The van der Waals surface area contributed by atoms with Crippen LogP contribution in [0.1, 0.15) is 6.92 Å². The number of nitrogens with zero attached hydrogens (tertiary/aromatic N) is 1. The third-order valence-electron chi connectivity index (χ3n) is 1.22. The van der Waals surface area contributed by atoms with Crippen molar-refractivity contribution in [3.8, 4) is 0 Å². The van der Waals surface area contributed by atoms with Gasteiger partial charge in [-0.3, -0.25) is 0 Å². The molecular weight excluding hydrogens is 162 g/mol. The Morgan fingerprint density at radius 3 is 2.25 bits per heavy atom. The van der Waals surface area contributed by atoms with Crippen LogP contribution in [0.3, 0.4) is 0 Å². The molecule has 0 saturated carbocycles. The summed E-state index contributed by atoms with van der Waals surface area (Å²) in [6.07, 6.45) is -0.555. The molecule has 0 aromatic carbocycles. The summed E-state index contributed by atoms with van der Waals surface area (Å²) < 4.78 is 4.55. The SMILES string of the molecule is C[CH]OC(=O)N(CCO)CCO. The highest BCUT2D eigenvalue weighted by atomic mass is 16.6. The molecule has 0 unspecified atom stereocenters. The fraction of sp³-hybridized carbons (Fsp3) is 0.714. The summed E-state index contributed by atoms with van der Waals surface area (Å²) >= 11 is 0. The van der Waals surface area contributed by atoms with E-state index >= 15 is 0 Å². The Balaban J connectivity index is 3.81. The minimum absolute atomic E-state index is 0.140. The highest BCUT2D eigenvalue weighted by Gasteiger charge is 2.12. The smallest absolute Gasteiger partial charge is 0.410 e. The summed E-state index contributed by atoms with van der Waals surface area (Å²) in [5.41, 5.74) is 0. The predicted octanol–water partition coefficient (Wildman–Crippen LogP) is -0.409. The van der Waals surface area contributed by atoms with Gasteiger partial charge in [-0.15, -0.1) is 0 Å². The lowest BCUT2D eigenvalue weighted by atomic mass is 10.5. The van der Waals surface area contributed by atoms with Crippen LogP contribution in [-0.2, 0) is 4.74 Å². The van der Waals surface area contributed by atoms with Crippen molar-refractivity contribution in [2.75, 3.05) is 26.3 Å². The van der Waals surface area contributed by atoms with Gasteiger partial charge >= 0.3 is 6.09 Å². The number of rotatable bonds is 5. The van der Waals surface area contributed by atoms with Gasteiger partial charge in [0.25, 0.3) is 0 Å². The second kappa shape index (κ2) is 6.87. The van der Waals surface area contributed by atoms with Crippen LogP contribution in [0.4, 0.5) is 4.79 Å². The van der Waals surface area contributed by atoms with E-state index in [2.05, 4.69) is 4.74 Å². The number of amides is 1. The largest absolute Gasteiger partial charge is 0.442 e. The van der Waals surface area contributed by atoms with Crippen molar-refractivity contribution < 1.29 is 19.7 Å². The van der Waals surface area contributed by atoms with E-state index in [-0.39, 0.29) is 26.3 Å². The van der Waals surface area contributed by atoms with Crippen LogP contribution in [0.2, 0.25) is 0 Å². The zero-order valence-corrected chi connectivity index (χ0v) is 7.06. The third kappa shape index (κ3) is 4.15. The monoisotopic (exact) mass is 176 g/mol. The molecule has 2 N–H and O–H groups in total. The zero-order chi connectivity index (χ0) is 9.40. The van der Waals surface area contributed by atoms with Gasteiger partial charge in [-0.2, -0.15) is 0 Å². The highest BCUT2D eigenvalue weighted by molar-refractivity contribution is 5.67. The van der Waals surface area contributed by atoms with E-state index in [9.17, 15) is 4.79 Å². The number of carbonyl (C=O) groups is 1. The summed E-state index contributed by atoms with van der Waals surface area (Å²) in [5.74, 6) is 0.